The first-order valence-electron chi connectivity index (χ1n) is 26.0. The zero-order chi connectivity index (χ0) is 57.0. The number of carbonyl (C=O) groups is 1. The van der Waals surface area contributed by atoms with E-state index in [9.17, 15) is 43.7 Å². The standard InChI is InChI=1S/C63H49N5O11S3/c69-62(79-46-35-37-63(38-36-46,43-7-3-1-4-8-43)44-9-5-2-6-10-44)64-45-19-11-39(12-20-45)58-50-27-29-52(65-50)59(40-13-21-47(22-14-40)80(70,71)72)54-31-33-56(67-54)61(42-17-25-49(26-18-42)82(76,77)78)57-34-32-55(68-57)60(53-30-28-51(58)66-53)41-15-23-48(24-16-41)81(73,74)75/h1-34,46,65,68H,35-38H2,(H,64,69)(H,70,71,72)(H,73,74,75)(H,76,77,78). The van der Waals surface area contributed by atoms with E-state index < -0.39 is 36.4 Å². The molecular weight excluding hydrogens is 1100 g/mol. The Morgan fingerprint density at radius 3 is 1.05 bits per heavy atom. The van der Waals surface area contributed by atoms with Crippen molar-refractivity contribution in [1.29, 1.82) is 0 Å². The molecule has 3 aliphatic rings. The van der Waals surface area contributed by atoms with Gasteiger partial charge in [-0.2, -0.15) is 25.3 Å². The van der Waals surface area contributed by atoms with Gasteiger partial charge in [-0.3, -0.25) is 19.0 Å². The van der Waals surface area contributed by atoms with Crippen molar-refractivity contribution < 1.29 is 48.4 Å². The Bertz CT molecular complexity index is 4460. The van der Waals surface area contributed by atoms with Crippen LogP contribution in [0.2, 0.25) is 0 Å². The quantitative estimate of drug-likeness (QED) is 0.0659. The molecule has 8 bridgehead atoms. The topological polar surface area (TPSA) is 259 Å². The Hall–Kier alpha value is -9.08. The number of anilines is 1. The molecule has 0 atom stereocenters. The lowest BCUT2D eigenvalue weighted by Gasteiger charge is -2.41. The summed E-state index contributed by atoms with van der Waals surface area (Å²) in [5, 5.41) is 2.93. The van der Waals surface area contributed by atoms with Crippen LogP contribution in [-0.4, -0.2) is 71.0 Å². The molecule has 1 saturated carbocycles. The molecule has 0 radical (unpaired) electrons. The minimum Gasteiger partial charge on any atom is -0.446 e. The first-order valence-corrected chi connectivity index (χ1v) is 30.3. The molecule has 410 valence electrons. The Kier molecular flexibility index (Phi) is 13.8. The summed E-state index contributed by atoms with van der Waals surface area (Å²) in [4.78, 5) is 30.2. The number of nitrogens with one attached hydrogen (secondary N) is 3. The second kappa shape index (κ2) is 21.1. The highest BCUT2D eigenvalue weighted by Crippen LogP contribution is 2.46. The molecule has 1 fully saturated rings. The van der Waals surface area contributed by atoms with Gasteiger partial charge >= 0.3 is 6.09 Å². The SMILES string of the molecule is O=C(Nc1ccc(-c2c3nc(c(-c4ccc(S(=O)(=O)O)cc4)c4ccc([nH]4)c(-c4ccc(S(=O)(=O)O)cc4)c4nc(c(-c5ccc(S(=O)(=O)O)cc5)c5ccc2[nH]5)C=C4)C=C3)cc1)OC1CCC(c2ccccc2)(c2ccccc2)CC1. The largest absolute Gasteiger partial charge is 0.446 e. The monoisotopic (exact) mass is 1150 g/mol. The van der Waals surface area contributed by atoms with Crippen LogP contribution in [0.4, 0.5) is 10.5 Å². The zero-order valence-electron chi connectivity index (χ0n) is 43.3. The summed E-state index contributed by atoms with van der Waals surface area (Å²) in [5.74, 6) is 0. The van der Waals surface area contributed by atoms with E-state index in [1.54, 1.807) is 54.6 Å². The van der Waals surface area contributed by atoms with Crippen LogP contribution in [0.1, 0.15) is 59.6 Å². The third-order valence-electron chi connectivity index (χ3n) is 15.2. The Balaban J connectivity index is 0.988. The van der Waals surface area contributed by atoms with Gasteiger partial charge in [-0.15, -0.1) is 0 Å². The van der Waals surface area contributed by atoms with Crippen molar-refractivity contribution in [3.05, 3.63) is 216 Å². The minimum absolute atomic E-state index is 0.201. The number of hydrogen-bond donors (Lipinski definition) is 6. The Morgan fingerprint density at radius 1 is 0.439 bits per heavy atom. The predicted octanol–water partition coefficient (Wildman–Crippen LogP) is 13.5. The molecule has 0 saturated heterocycles. The molecule has 1 aliphatic carbocycles. The first kappa shape index (κ1) is 53.6. The van der Waals surface area contributed by atoms with E-state index >= 15 is 0 Å². The van der Waals surface area contributed by atoms with Crippen molar-refractivity contribution in [2.75, 3.05) is 5.32 Å². The van der Waals surface area contributed by atoms with Gasteiger partial charge in [0.15, 0.2) is 0 Å². The number of carbonyl (C=O) groups excluding carboxylic acids is 1. The summed E-state index contributed by atoms with van der Waals surface area (Å²) < 4.78 is 109. The van der Waals surface area contributed by atoms with Crippen molar-refractivity contribution in [1.82, 2.24) is 19.9 Å². The van der Waals surface area contributed by atoms with Crippen molar-refractivity contribution in [3.8, 4) is 44.5 Å². The van der Waals surface area contributed by atoms with Crippen LogP contribution in [0.15, 0.2) is 197 Å². The minimum atomic E-state index is -4.55. The maximum atomic E-state index is 13.6. The highest BCUT2D eigenvalue weighted by atomic mass is 32.2. The smallest absolute Gasteiger partial charge is 0.411 e. The molecule has 12 rings (SSSR count). The van der Waals surface area contributed by atoms with Crippen LogP contribution in [0.3, 0.4) is 0 Å². The number of amides is 1. The summed E-state index contributed by atoms with van der Waals surface area (Å²) in [5.41, 5.74) is 11.3. The van der Waals surface area contributed by atoms with Crippen molar-refractivity contribution in [3.63, 3.8) is 0 Å². The molecule has 0 spiro atoms. The molecule has 3 aromatic heterocycles. The van der Waals surface area contributed by atoms with E-state index in [4.69, 9.17) is 14.7 Å². The molecule has 6 aromatic carbocycles. The number of hydrogen-bond acceptors (Lipinski definition) is 10. The van der Waals surface area contributed by atoms with E-state index in [1.165, 1.54) is 59.7 Å². The lowest BCUT2D eigenvalue weighted by molar-refractivity contribution is 0.0727. The van der Waals surface area contributed by atoms with E-state index in [0.29, 0.717) is 108 Å². The van der Waals surface area contributed by atoms with Gasteiger partial charge < -0.3 is 14.7 Å². The maximum Gasteiger partial charge on any atom is 0.411 e. The summed E-state index contributed by atoms with van der Waals surface area (Å²) in [6.45, 7) is 0. The van der Waals surface area contributed by atoms with Gasteiger partial charge in [-0.25, -0.2) is 14.8 Å². The lowest BCUT2D eigenvalue weighted by atomic mass is 9.65. The second-order valence-electron chi connectivity index (χ2n) is 20.1. The molecular formula is C63H49N5O11S3. The van der Waals surface area contributed by atoms with Crippen LogP contribution < -0.4 is 5.32 Å². The average molecular weight is 1150 g/mol. The molecule has 19 heteroatoms. The second-order valence-corrected chi connectivity index (χ2v) is 24.4. The summed E-state index contributed by atoms with van der Waals surface area (Å²) in [6.07, 6.45) is 9.32. The van der Waals surface area contributed by atoms with Crippen LogP contribution in [0, 0.1) is 0 Å². The number of rotatable bonds is 11. The average Bonchev–Trinajstić information content (AvgIpc) is 4.50. The third-order valence-corrected chi connectivity index (χ3v) is 17.8. The van der Waals surface area contributed by atoms with Crippen LogP contribution in [0.25, 0.3) is 90.9 Å². The van der Waals surface area contributed by atoms with Gasteiger partial charge in [0.25, 0.3) is 30.4 Å². The van der Waals surface area contributed by atoms with Crippen LogP contribution >= 0.6 is 0 Å². The first-order chi connectivity index (χ1) is 39.4. The molecule has 5 heterocycles. The van der Waals surface area contributed by atoms with Gasteiger partial charge in [0.05, 0.1) is 37.5 Å². The zero-order valence-corrected chi connectivity index (χ0v) is 45.7. The highest BCUT2D eigenvalue weighted by Gasteiger charge is 2.39. The Labute approximate surface area is 471 Å². The van der Waals surface area contributed by atoms with E-state index in [-0.39, 0.29) is 26.2 Å². The lowest BCUT2D eigenvalue weighted by Crippen LogP contribution is -2.37. The number of aromatic nitrogens is 4. The summed E-state index contributed by atoms with van der Waals surface area (Å²) >= 11 is 0. The highest BCUT2D eigenvalue weighted by molar-refractivity contribution is 7.86. The maximum absolute atomic E-state index is 13.6. The van der Waals surface area contributed by atoms with Gasteiger partial charge in [0, 0.05) is 55.4 Å². The molecule has 9 aromatic rings. The fourth-order valence-corrected chi connectivity index (χ4v) is 12.7. The Morgan fingerprint density at radius 2 is 0.744 bits per heavy atom. The van der Waals surface area contributed by atoms with Crippen molar-refractivity contribution in [2.24, 2.45) is 0 Å². The number of H-pyrrole nitrogens is 2. The molecule has 6 N–H and O–H groups in total. The number of fused-ring (bicyclic) bond motifs is 8. The number of benzene rings is 6. The molecule has 1 amide bonds. The molecule has 0 unspecified atom stereocenters. The van der Waals surface area contributed by atoms with E-state index in [1.807, 2.05) is 54.6 Å². The van der Waals surface area contributed by atoms with E-state index in [0.717, 1.165) is 12.8 Å². The summed E-state index contributed by atoms with van der Waals surface area (Å²) in [7, 11) is -13.6. The van der Waals surface area contributed by atoms with Crippen LogP contribution in [-0.2, 0) is 40.5 Å². The number of nitrogens with zero attached hydrogens (tertiary/aromatic N) is 2. The summed E-state index contributed by atoms with van der Waals surface area (Å²) in [6, 6.07) is 52.6. The number of aromatic amines is 2. The van der Waals surface area contributed by atoms with Crippen molar-refractivity contribution >= 4 is 88.5 Å². The normalized spacial score (nSPS) is 14.4. The van der Waals surface area contributed by atoms with Gasteiger partial charge in [-0.1, -0.05) is 109 Å². The fourth-order valence-electron chi connectivity index (χ4n) is 11.3. The fraction of sp³-hybridized carbons (Fsp3) is 0.0952. The number of ether oxygens (including phenoxy) is 1. The predicted molar refractivity (Wildman–Crippen MR) is 316 cm³/mol. The van der Waals surface area contributed by atoms with E-state index in [2.05, 4.69) is 63.8 Å². The van der Waals surface area contributed by atoms with Gasteiger partial charge in [0.1, 0.15) is 6.10 Å². The van der Waals surface area contributed by atoms with Crippen LogP contribution in [0.5, 0.6) is 0 Å². The molecule has 16 nitrogen and oxygen atoms in total. The molecule has 82 heavy (non-hydrogen) atoms. The third kappa shape index (κ3) is 10.6. The van der Waals surface area contributed by atoms with Crippen molar-refractivity contribution in [2.45, 2.75) is 51.9 Å². The van der Waals surface area contributed by atoms with Gasteiger partial charge in [0.2, 0.25) is 0 Å². The molecule has 2 aliphatic heterocycles. The van der Waals surface area contributed by atoms with Gasteiger partial charge in [-0.05, 0) is 156 Å².